The van der Waals surface area contributed by atoms with Gasteiger partial charge in [0, 0.05) is 22.9 Å². The Hall–Kier alpha value is -2.64. The number of hydrogen-bond acceptors (Lipinski definition) is 6. The highest BCUT2D eigenvalue weighted by atomic mass is 32.1. The molecule has 7 heteroatoms. The van der Waals surface area contributed by atoms with Gasteiger partial charge in [-0.25, -0.2) is 4.79 Å². The minimum Gasteiger partial charge on any atom is -0.450 e. The molecule has 1 atom stereocenters. The van der Waals surface area contributed by atoms with Crippen LogP contribution in [0.2, 0.25) is 0 Å². The van der Waals surface area contributed by atoms with E-state index in [0.29, 0.717) is 11.1 Å². The van der Waals surface area contributed by atoms with Crippen molar-refractivity contribution in [1.82, 2.24) is 5.32 Å². The van der Waals surface area contributed by atoms with Crippen LogP contribution >= 0.6 is 11.3 Å². The summed E-state index contributed by atoms with van der Waals surface area (Å²) in [6, 6.07) is 11.0. The minimum atomic E-state index is -0.688. The van der Waals surface area contributed by atoms with E-state index in [2.05, 4.69) is 5.32 Å². The third kappa shape index (κ3) is 3.95. The van der Waals surface area contributed by atoms with Crippen LogP contribution in [0.25, 0.3) is 11.0 Å². The molecule has 1 unspecified atom stereocenters. The lowest BCUT2D eigenvalue weighted by molar-refractivity contribution is -0.124. The summed E-state index contributed by atoms with van der Waals surface area (Å²) < 4.78 is 15.9. The molecule has 0 radical (unpaired) electrons. The van der Waals surface area contributed by atoms with Crippen molar-refractivity contribution in [3.05, 3.63) is 58.0 Å². The number of furan rings is 1. The number of nitrogens with one attached hydrogen (secondary N) is 1. The molecule has 0 saturated carbocycles. The molecule has 0 aliphatic heterocycles. The highest BCUT2D eigenvalue weighted by Crippen LogP contribution is 2.27. The molecule has 2 heterocycles. The van der Waals surface area contributed by atoms with E-state index in [4.69, 9.17) is 13.9 Å². The van der Waals surface area contributed by atoms with Gasteiger partial charge in [-0.1, -0.05) is 24.3 Å². The second-order valence-electron chi connectivity index (χ2n) is 5.72. The lowest BCUT2D eigenvalue weighted by Gasteiger charge is -2.12. The van der Waals surface area contributed by atoms with Crippen molar-refractivity contribution in [2.75, 3.05) is 13.7 Å². The number of carbonyl (C=O) groups is 2. The Labute approximate surface area is 154 Å². The molecule has 1 amide bonds. The van der Waals surface area contributed by atoms with E-state index in [1.165, 1.54) is 7.11 Å². The van der Waals surface area contributed by atoms with Crippen LogP contribution in [0.15, 0.2) is 46.2 Å². The summed E-state index contributed by atoms with van der Waals surface area (Å²) in [5.41, 5.74) is 1.18. The van der Waals surface area contributed by atoms with Gasteiger partial charge in [-0.3, -0.25) is 4.79 Å². The summed E-state index contributed by atoms with van der Waals surface area (Å²) in [6.07, 6.45) is 0. The Kier molecular flexibility index (Phi) is 5.70. The van der Waals surface area contributed by atoms with Crippen LogP contribution in [-0.2, 0) is 20.9 Å². The third-order valence-electron chi connectivity index (χ3n) is 3.85. The van der Waals surface area contributed by atoms with Crippen LogP contribution in [0.1, 0.15) is 34.0 Å². The van der Waals surface area contributed by atoms with Crippen molar-refractivity contribution in [3.8, 4) is 0 Å². The Morgan fingerprint density at radius 2 is 2.04 bits per heavy atom. The van der Waals surface area contributed by atoms with Gasteiger partial charge in [0.15, 0.2) is 6.61 Å². The SMILES string of the molecule is COCc1c(C(=O)OCC(=O)NC(C)c2cccs2)oc2ccccc12. The summed E-state index contributed by atoms with van der Waals surface area (Å²) in [6.45, 7) is 1.71. The van der Waals surface area contributed by atoms with Crippen molar-refractivity contribution in [1.29, 1.82) is 0 Å². The Bertz CT molecular complexity index is 900. The second-order valence-corrected chi connectivity index (χ2v) is 6.70. The van der Waals surface area contributed by atoms with Crippen molar-refractivity contribution in [2.45, 2.75) is 19.6 Å². The molecule has 3 rings (SSSR count). The number of benzene rings is 1. The van der Waals surface area contributed by atoms with Crippen LogP contribution in [0.3, 0.4) is 0 Å². The zero-order valence-corrected chi connectivity index (χ0v) is 15.3. The van der Waals surface area contributed by atoms with Gasteiger partial charge in [0.1, 0.15) is 5.58 Å². The predicted molar refractivity (Wildman–Crippen MR) is 98.1 cm³/mol. The molecule has 0 bridgehead atoms. The molecule has 1 aromatic carbocycles. The number of amides is 1. The zero-order chi connectivity index (χ0) is 18.5. The van der Waals surface area contributed by atoms with Crippen LogP contribution in [-0.4, -0.2) is 25.6 Å². The summed E-state index contributed by atoms with van der Waals surface area (Å²) in [5.74, 6) is -0.997. The van der Waals surface area contributed by atoms with E-state index >= 15 is 0 Å². The normalized spacial score (nSPS) is 12.1. The van der Waals surface area contributed by atoms with Gasteiger partial charge in [-0.15, -0.1) is 11.3 Å². The topological polar surface area (TPSA) is 77.8 Å². The first kappa shape index (κ1) is 18.2. The quantitative estimate of drug-likeness (QED) is 0.639. The van der Waals surface area contributed by atoms with E-state index in [1.807, 2.05) is 42.6 Å². The molecule has 26 heavy (non-hydrogen) atoms. The predicted octanol–water partition coefficient (Wildman–Crippen LogP) is 3.67. The molecular weight excluding hydrogens is 354 g/mol. The van der Waals surface area contributed by atoms with Crippen LogP contribution < -0.4 is 5.32 Å². The maximum atomic E-state index is 12.4. The average molecular weight is 373 g/mol. The molecule has 0 fully saturated rings. The molecule has 2 aromatic heterocycles. The summed E-state index contributed by atoms with van der Waals surface area (Å²) >= 11 is 1.55. The highest BCUT2D eigenvalue weighted by molar-refractivity contribution is 7.10. The van der Waals surface area contributed by atoms with Gasteiger partial charge < -0.3 is 19.2 Å². The number of rotatable bonds is 7. The first-order valence-corrected chi connectivity index (χ1v) is 8.97. The van der Waals surface area contributed by atoms with Gasteiger partial charge in [0.2, 0.25) is 5.76 Å². The molecule has 0 saturated heterocycles. The fourth-order valence-corrected chi connectivity index (χ4v) is 3.37. The molecule has 1 N–H and O–H groups in total. The largest absolute Gasteiger partial charge is 0.450 e. The molecule has 3 aromatic rings. The maximum Gasteiger partial charge on any atom is 0.375 e. The van der Waals surface area contributed by atoms with Gasteiger partial charge in [0.25, 0.3) is 5.91 Å². The molecular formula is C19H19NO5S. The number of thiophene rings is 1. The minimum absolute atomic E-state index is 0.0622. The Morgan fingerprint density at radius 1 is 1.23 bits per heavy atom. The fraction of sp³-hybridized carbons (Fsp3) is 0.263. The van der Waals surface area contributed by atoms with E-state index in [0.717, 1.165) is 10.3 Å². The van der Waals surface area contributed by atoms with E-state index < -0.39 is 5.97 Å². The van der Waals surface area contributed by atoms with E-state index in [-0.39, 0.29) is 30.9 Å². The maximum absolute atomic E-state index is 12.4. The summed E-state index contributed by atoms with van der Waals surface area (Å²) in [5, 5.41) is 5.52. The second kappa shape index (κ2) is 8.16. The van der Waals surface area contributed by atoms with Crippen LogP contribution in [0, 0.1) is 0 Å². The van der Waals surface area contributed by atoms with Gasteiger partial charge in [0.05, 0.1) is 12.6 Å². The van der Waals surface area contributed by atoms with Crippen molar-refractivity contribution in [3.63, 3.8) is 0 Å². The van der Waals surface area contributed by atoms with Crippen LogP contribution in [0.5, 0.6) is 0 Å². The fourth-order valence-electron chi connectivity index (χ4n) is 2.64. The number of hydrogen-bond donors (Lipinski definition) is 1. The number of esters is 1. The lowest BCUT2D eigenvalue weighted by atomic mass is 10.1. The molecule has 136 valence electrons. The van der Waals surface area contributed by atoms with Gasteiger partial charge in [-0.05, 0) is 24.4 Å². The van der Waals surface area contributed by atoms with Gasteiger partial charge >= 0.3 is 5.97 Å². The summed E-state index contributed by atoms with van der Waals surface area (Å²) in [7, 11) is 1.54. The molecule has 6 nitrogen and oxygen atoms in total. The third-order valence-corrected chi connectivity index (χ3v) is 4.91. The zero-order valence-electron chi connectivity index (χ0n) is 14.5. The van der Waals surface area contributed by atoms with Crippen molar-refractivity contribution < 1.29 is 23.5 Å². The number of fused-ring (bicyclic) bond motifs is 1. The standard InChI is InChI=1S/C19H19NO5S/c1-12(16-8-5-9-26-16)20-17(21)11-24-19(22)18-14(10-23-2)13-6-3-4-7-15(13)25-18/h3-9,12H,10-11H2,1-2H3,(H,20,21). The Morgan fingerprint density at radius 3 is 2.77 bits per heavy atom. The number of para-hydroxylation sites is 1. The monoisotopic (exact) mass is 373 g/mol. The van der Waals surface area contributed by atoms with Crippen molar-refractivity contribution in [2.24, 2.45) is 0 Å². The Balaban J connectivity index is 1.65. The smallest absolute Gasteiger partial charge is 0.375 e. The molecule has 0 aliphatic rings. The lowest BCUT2D eigenvalue weighted by Crippen LogP contribution is -2.30. The first-order valence-electron chi connectivity index (χ1n) is 8.09. The number of methoxy groups -OCH3 is 1. The van der Waals surface area contributed by atoms with Gasteiger partial charge in [-0.2, -0.15) is 0 Å². The summed E-state index contributed by atoms with van der Waals surface area (Å²) in [4.78, 5) is 25.4. The van der Waals surface area contributed by atoms with E-state index in [1.54, 1.807) is 17.4 Å². The van der Waals surface area contributed by atoms with Crippen molar-refractivity contribution >= 4 is 34.2 Å². The van der Waals surface area contributed by atoms with Crippen LogP contribution in [0.4, 0.5) is 0 Å². The molecule has 0 aliphatic carbocycles. The number of carbonyl (C=O) groups excluding carboxylic acids is 2. The van der Waals surface area contributed by atoms with E-state index in [9.17, 15) is 9.59 Å². The highest BCUT2D eigenvalue weighted by Gasteiger charge is 2.22. The first-order chi connectivity index (χ1) is 12.6. The number of ether oxygens (including phenoxy) is 2. The average Bonchev–Trinajstić information content (AvgIpc) is 3.29. The molecule has 0 spiro atoms.